The predicted octanol–water partition coefficient (Wildman–Crippen LogP) is -1.43. The highest BCUT2D eigenvalue weighted by molar-refractivity contribution is 5.96. The van der Waals surface area contributed by atoms with Gasteiger partial charge < -0.3 is 20.1 Å². The van der Waals surface area contributed by atoms with Crippen molar-refractivity contribution in [1.82, 2.24) is 0 Å². The molecule has 0 unspecified atom stereocenters. The second-order valence-corrected chi connectivity index (χ2v) is 3.18. The van der Waals surface area contributed by atoms with Gasteiger partial charge in [-0.25, -0.2) is 0 Å². The number of hydrogen-bond donors (Lipinski definition) is 3. The molecule has 0 spiro atoms. The van der Waals surface area contributed by atoms with Gasteiger partial charge in [0.15, 0.2) is 5.78 Å². The van der Waals surface area contributed by atoms with Crippen LogP contribution in [0.15, 0.2) is 11.8 Å². The van der Waals surface area contributed by atoms with E-state index in [0.29, 0.717) is 0 Å². The van der Waals surface area contributed by atoms with Crippen molar-refractivity contribution >= 4 is 5.78 Å². The van der Waals surface area contributed by atoms with E-state index >= 15 is 0 Å². The van der Waals surface area contributed by atoms with E-state index in [1.54, 1.807) is 0 Å². The van der Waals surface area contributed by atoms with Crippen LogP contribution in [0.5, 0.6) is 0 Å². The van der Waals surface area contributed by atoms with Gasteiger partial charge in [0, 0.05) is 6.08 Å². The number of carbonyl (C=O) groups is 1. The number of ketones is 1. The molecule has 1 aliphatic carbocycles. The molecule has 5 nitrogen and oxygen atoms in total. The molecule has 3 atom stereocenters. The third-order valence-corrected chi connectivity index (χ3v) is 2.17. The number of carbonyl (C=O) groups excluding carboxylic acids is 1. The Balaban J connectivity index is 3.08. The van der Waals surface area contributed by atoms with E-state index in [-0.39, 0.29) is 5.76 Å². The first-order valence-corrected chi connectivity index (χ1v) is 3.79. The van der Waals surface area contributed by atoms with Gasteiger partial charge in [0.2, 0.25) is 0 Å². The average Bonchev–Trinajstić information content (AvgIpc) is 2.09. The number of aliphatic hydroxyl groups is 3. The summed E-state index contributed by atoms with van der Waals surface area (Å²) >= 11 is 0. The molecule has 0 bridgehead atoms. The van der Waals surface area contributed by atoms with E-state index in [9.17, 15) is 20.1 Å². The van der Waals surface area contributed by atoms with Crippen LogP contribution in [0.25, 0.3) is 0 Å². The number of hydrogen-bond acceptors (Lipinski definition) is 5. The molecule has 0 aromatic carbocycles. The zero-order chi connectivity index (χ0) is 10.2. The first-order valence-electron chi connectivity index (χ1n) is 3.79. The summed E-state index contributed by atoms with van der Waals surface area (Å²) in [5.41, 5.74) is -1.89. The first kappa shape index (κ1) is 10.2. The molecule has 0 amide bonds. The van der Waals surface area contributed by atoms with Crippen molar-refractivity contribution in [3.63, 3.8) is 0 Å². The smallest absolute Gasteiger partial charge is 0.190 e. The minimum absolute atomic E-state index is 0.0414. The number of methoxy groups -OCH3 is 1. The molecular weight excluding hydrogens is 176 g/mol. The van der Waals surface area contributed by atoms with Crippen molar-refractivity contribution in [3.05, 3.63) is 11.8 Å². The van der Waals surface area contributed by atoms with Gasteiger partial charge in [0.25, 0.3) is 0 Å². The third kappa shape index (κ3) is 1.46. The number of aliphatic hydroxyl groups excluding tert-OH is 2. The monoisotopic (exact) mass is 188 g/mol. The van der Waals surface area contributed by atoms with E-state index in [0.717, 1.165) is 6.08 Å². The topological polar surface area (TPSA) is 87.0 Å². The predicted molar refractivity (Wildman–Crippen MR) is 42.7 cm³/mol. The maximum Gasteiger partial charge on any atom is 0.190 e. The van der Waals surface area contributed by atoms with Gasteiger partial charge in [0.05, 0.1) is 7.11 Å². The summed E-state index contributed by atoms with van der Waals surface area (Å²) in [6.07, 6.45) is -2.01. The average molecular weight is 188 g/mol. The molecule has 0 radical (unpaired) electrons. The van der Waals surface area contributed by atoms with Crippen molar-refractivity contribution in [2.24, 2.45) is 0 Å². The van der Waals surface area contributed by atoms with Gasteiger partial charge in [-0.1, -0.05) is 0 Å². The molecule has 5 heteroatoms. The van der Waals surface area contributed by atoms with Crippen molar-refractivity contribution in [3.8, 4) is 0 Å². The SMILES string of the molecule is COC1=CC(=O)[C@H](O)[C@@](C)(O)[C@H]1O. The van der Waals surface area contributed by atoms with E-state index in [4.69, 9.17) is 0 Å². The van der Waals surface area contributed by atoms with Crippen LogP contribution in [0, 0.1) is 0 Å². The van der Waals surface area contributed by atoms with Gasteiger partial charge in [-0.3, -0.25) is 4.79 Å². The van der Waals surface area contributed by atoms with E-state index in [2.05, 4.69) is 4.74 Å². The van der Waals surface area contributed by atoms with Crippen molar-refractivity contribution < 1.29 is 24.9 Å². The molecule has 0 aromatic rings. The molecular formula is C8H12O5. The molecule has 0 aliphatic heterocycles. The molecule has 0 saturated carbocycles. The summed E-state index contributed by atoms with van der Waals surface area (Å²) in [6, 6.07) is 0. The molecule has 1 rings (SSSR count). The fraction of sp³-hybridized carbons (Fsp3) is 0.625. The minimum Gasteiger partial charge on any atom is -0.498 e. The summed E-state index contributed by atoms with van der Waals surface area (Å²) in [6.45, 7) is 1.17. The summed E-state index contributed by atoms with van der Waals surface area (Å²) in [5, 5.41) is 28.2. The summed E-state index contributed by atoms with van der Waals surface area (Å²) in [4.78, 5) is 11.0. The quantitative estimate of drug-likeness (QED) is 0.469. The lowest BCUT2D eigenvalue weighted by Gasteiger charge is -2.35. The van der Waals surface area contributed by atoms with Crippen LogP contribution in [0.3, 0.4) is 0 Å². The Morgan fingerprint density at radius 1 is 1.46 bits per heavy atom. The lowest BCUT2D eigenvalue weighted by molar-refractivity contribution is -0.159. The van der Waals surface area contributed by atoms with Gasteiger partial charge in [0.1, 0.15) is 23.6 Å². The van der Waals surface area contributed by atoms with Gasteiger partial charge in [-0.2, -0.15) is 0 Å². The second kappa shape index (κ2) is 3.10. The minimum atomic E-state index is -1.89. The molecule has 0 fully saturated rings. The maximum absolute atomic E-state index is 11.0. The van der Waals surface area contributed by atoms with Crippen LogP contribution < -0.4 is 0 Å². The van der Waals surface area contributed by atoms with E-state index in [1.807, 2.05) is 0 Å². The van der Waals surface area contributed by atoms with Crippen molar-refractivity contribution in [1.29, 1.82) is 0 Å². The normalized spacial score (nSPS) is 40.1. The van der Waals surface area contributed by atoms with Crippen LogP contribution in [-0.4, -0.2) is 46.0 Å². The summed E-state index contributed by atoms with van der Waals surface area (Å²) in [7, 11) is 1.27. The Kier molecular flexibility index (Phi) is 2.42. The third-order valence-electron chi connectivity index (χ3n) is 2.17. The lowest BCUT2D eigenvalue weighted by Crippen LogP contribution is -2.56. The Morgan fingerprint density at radius 2 is 2.00 bits per heavy atom. The van der Waals surface area contributed by atoms with Gasteiger partial charge in [-0.05, 0) is 6.92 Å². The zero-order valence-electron chi connectivity index (χ0n) is 7.39. The Labute approximate surface area is 75.3 Å². The highest BCUT2D eigenvalue weighted by atomic mass is 16.5. The number of ether oxygens (including phenoxy) is 1. The summed E-state index contributed by atoms with van der Waals surface area (Å²) in [5.74, 6) is -0.715. The van der Waals surface area contributed by atoms with E-state index in [1.165, 1.54) is 14.0 Å². The fourth-order valence-corrected chi connectivity index (χ4v) is 1.19. The van der Waals surface area contributed by atoms with Gasteiger partial charge >= 0.3 is 0 Å². The molecule has 0 heterocycles. The molecule has 1 aliphatic rings. The van der Waals surface area contributed by atoms with Crippen molar-refractivity contribution in [2.75, 3.05) is 7.11 Å². The Hall–Kier alpha value is -0.910. The zero-order valence-corrected chi connectivity index (χ0v) is 7.39. The molecule has 0 saturated heterocycles. The molecule has 3 N–H and O–H groups in total. The molecule has 13 heavy (non-hydrogen) atoms. The van der Waals surface area contributed by atoms with E-state index < -0.39 is 23.6 Å². The first-order chi connectivity index (χ1) is 5.91. The van der Waals surface area contributed by atoms with Crippen LogP contribution in [0.1, 0.15) is 6.92 Å². The summed E-state index contributed by atoms with van der Waals surface area (Å²) < 4.78 is 4.68. The fourth-order valence-electron chi connectivity index (χ4n) is 1.19. The van der Waals surface area contributed by atoms with Gasteiger partial charge in [-0.15, -0.1) is 0 Å². The second-order valence-electron chi connectivity index (χ2n) is 3.18. The Morgan fingerprint density at radius 3 is 2.46 bits per heavy atom. The lowest BCUT2D eigenvalue weighted by atomic mass is 9.84. The van der Waals surface area contributed by atoms with Crippen molar-refractivity contribution in [2.45, 2.75) is 24.7 Å². The highest BCUT2D eigenvalue weighted by Crippen LogP contribution is 2.27. The standard InChI is InChI=1S/C8H12O5/c1-8(12)6(10)4(9)3-5(13-2)7(8)11/h3,6-7,10-12H,1-2H3/t6-,7-,8+/m0/s1. The van der Waals surface area contributed by atoms with Crippen LogP contribution in [0.4, 0.5) is 0 Å². The highest BCUT2D eigenvalue weighted by Gasteiger charge is 2.47. The maximum atomic E-state index is 11.0. The number of rotatable bonds is 1. The molecule has 0 aromatic heterocycles. The van der Waals surface area contributed by atoms with Crippen LogP contribution in [-0.2, 0) is 9.53 Å². The van der Waals surface area contributed by atoms with Crippen LogP contribution in [0.2, 0.25) is 0 Å². The largest absolute Gasteiger partial charge is 0.498 e. The van der Waals surface area contributed by atoms with Crippen LogP contribution >= 0.6 is 0 Å². The Bertz CT molecular complexity index is 255. The molecule has 74 valence electrons.